The van der Waals surface area contributed by atoms with E-state index in [1.54, 1.807) is 13.0 Å². The molecule has 0 radical (unpaired) electrons. The maximum Gasteiger partial charge on any atom is 0.246 e. The first kappa shape index (κ1) is 15.6. The minimum absolute atomic E-state index is 0.0824. The lowest BCUT2D eigenvalue weighted by molar-refractivity contribution is 0.461. The maximum absolute atomic E-state index is 13.1. The topological polar surface area (TPSA) is 61.2 Å². The van der Waals surface area contributed by atoms with E-state index in [0.717, 1.165) is 16.4 Å². The van der Waals surface area contributed by atoms with Gasteiger partial charge in [-0.15, -0.1) is 0 Å². The fourth-order valence-corrected chi connectivity index (χ4v) is 5.14. The highest BCUT2D eigenvalue weighted by atomic mass is 79.9. The van der Waals surface area contributed by atoms with Crippen LogP contribution in [-0.2, 0) is 10.0 Å². The summed E-state index contributed by atoms with van der Waals surface area (Å²) in [5, 5.41) is 8.62. The molecule has 0 aliphatic heterocycles. The van der Waals surface area contributed by atoms with Crippen LogP contribution < -0.4 is 0 Å². The Morgan fingerprint density at radius 3 is 2.28 bits per heavy atom. The first-order valence-electron chi connectivity index (χ1n) is 4.86. The summed E-state index contributed by atoms with van der Waals surface area (Å²) in [7, 11) is -3.84. The van der Waals surface area contributed by atoms with E-state index in [-0.39, 0.29) is 26.9 Å². The lowest BCUT2D eigenvalue weighted by Gasteiger charge is -2.19. The number of sulfonamides is 1. The highest BCUT2D eigenvalue weighted by Crippen LogP contribution is 2.33. The van der Waals surface area contributed by atoms with Gasteiger partial charge in [-0.25, -0.2) is 12.8 Å². The summed E-state index contributed by atoms with van der Waals surface area (Å²) in [6.45, 7) is 1.53. The molecule has 0 unspecified atom stereocenters. The van der Waals surface area contributed by atoms with Crippen LogP contribution in [0.15, 0.2) is 26.0 Å². The number of nitriles is 1. The van der Waals surface area contributed by atoms with Crippen LogP contribution in [0.3, 0.4) is 0 Å². The third-order valence-corrected chi connectivity index (χ3v) is 5.96. The second-order valence-corrected chi connectivity index (χ2v) is 6.87. The van der Waals surface area contributed by atoms with Gasteiger partial charge in [-0.05, 0) is 44.0 Å². The standard InChI is InChI=1S/C10H9Br2FN2O2S/c1-2-15(4-3-14)18(16,17)10-8(11)5-7(13)6-9(10)12/h5-6H,2,4H2,1H3. The fraction of sp³-hybridized carbons (Fsp3) is 0.300. The summed E-state index contributed by atoms with van der Waals surface area (Å²) >= 11 is 6.05. The second-order valence-electron chi connectivity index (χ2n) is 3.29. The van der Waals surface area contributed by atoms with Gasteiger partial charge in [-0.3, -0.25) is 0 Å². The van der Waals surface area contributed by atoms with Crippen molar-refractivity contribution in [2.24, 2.45) is 0 Å². The quantitative estimate of drug-likeness (QED) is 0.731. The molecule has 0 aliphatic rings. The zero-order valence-electron chi connectivity index (χ0n) is 9.32. The predicted molar refractivity (Wildman–Crippen MR) is 71.8 cm³/mol. The van der Waals surface area contributed by atoms with Crippen molar-refractivity contribution in [1.29, 1.82) is 5.26 Å². The molecule has 0 aliphatic carbocycles. The zero-order chi connectivity index (χ0) is 13.9. The Balaban J connectivity index is 3.42. The third kappa shape index (κ3) is 3.09. The third-order valence-electron chi connectivity index (χ3n) is 2.16. The normalized spacial score (nSPS) is 11.6. The lowest BCUT2D eigenvalue weighted by atomic mass is 10.3. The Hall–Kier alpha value is -0.490. The molecular formula is C10H9Br2FN2O2S. The molecule has 0 atom stereocenters. The number of benzene rings is 1. The summed E-state index contributed by atoms with van der Waals surface area (Å²) < 4.78 is 38.9. The van der Waals surface area contributed by atoms with E-state index in [0.29, 0.717) is 0 Å². The van der Waals surface area contributed by atoms with E-state index in [2.05, 4.69) is 31.9 Å². The van der Waals surface area contributed by atoms with Crippen molar-refractivity contribution in [3.63, 3.8) is 0 Å². The van der Waals surface area contributed by atoms with E-state index < -0.39 is 15.8 Å². The average molecular weight is 400 g/mol. The molecule has 0 aromatic heterocycles. The van der Waals surface area contributed by atoms with Gasteiger partial charge in [0.25, 0.3) is 0 Å². The highest BCUT2D eigenvalue weighted by molar-refractivity contribution is 9.11. The molecule has 0 fully saturated rings. The smallest absolute Gasteiger partial charge is 0.207 e. The first-order valence-corrected chi connectivity index (χ1v) is 7.88. The Morgan fingerprint density at radius 2 is 1.89 bits per heavy atom. The summed E-state index contributed by atoms with van der Waals surface area (Å²) in [6, 6.07) is 3.92. The van der Waals surface area contributed by atoms with E-state index in [1.165, 1.54) is 0 Å². The van der Waals surface area contributed by atoms with Gasteiger partial charge in [0.2, 0.25) is 10.0 Å². The van der Waals surface area contributed by atoms with Crippen molar-refractivity contribution in [3.05, 3.63) is 26.9 Å². The van der Waals surface area contributed by atoms with Crippen molar-refractivity contribution >= 4 is 41.9 Å². The molecule has 98 valence electrons. The van der Waals surface area contributed by atoms with E-state index in [9.17, 15) is 12.8 Å². The van der Waals surface area contributed by atoms with E-state index >= 15 is 0 Å². The molecule has 1 aromatic rings. The highest BCUT2D eigenvalue weighted by Gasteiger charge is 2.28. The Morgan fingerprint density at radius 1 is 1.39 bits per heavy atom. The van der Waals surface area contributed by atoms with Crippen LogP contribution in [0.4, 0.5) is 4.39 Å². The number of hydrogen-bond donors (Lipinski definition) is 0. The molecule has 1 aromatic carbocycles. The molecular weight excluding hydrogens is 391 g/mol. The van der Waals surface area contributed by atoms with Gasteiger partial charge in [0.1, 0.15) is 17.3 Å². The minimum Gasteiger partial charge on any atom is -0.207 e. The number of halogens is 3. The average Bonchev–Trinajstić information content (AvgIpc) is 2.23. The summed E-state index contributed by atoms with van der Waals surface area (Å²) in [4.78, 5) is -0.0824. The van der Waals surface area contributed by atoms with Crippen molar-refractivity contribution < 1.29 is 12.8 Å². The van der Waals surface area contributed by atoms with Gasteiger partial charge in [0, 0.05) is 15.5 Å². The number of rotatable bonds is 4. The molecule has 18 heavy (non-hydrogen) atoms. The van der Waals surface area contributed by atoms with E-state index in [4.69, 9.17) is 5.26 Å². The summed E-state index contributed by atoms with van der Waals surface area (Å²) in [5.41, 5.74) is 0. The van der Waals surface area contributed by atoms with Crippen LogP contribution in [0, 0.1) is 17.1 Å². The van der Waals surface area contributed by atoms with Crippen LogP contribution in [0.1, 0.15) is 6.92 Å². The Bertz CT molecular complexity index is 575. The van der Waals surface area contributed by atoms with Crippen LogP contribution in [0.5, 0.6) is 0 Å². The maximum atomic E-state index is 13.1. The Labute approximate surface area is 122 Å². The number of nitrogens with zero attached hydrogens (tertiary/aromatic N) is 2. The predicted octanol–water partition coefficient (Wildman–Crippen LogP) is 2.88. The van der Waals surface area contributed by atoms with Crippen LogP contribution >= 0.6 is 31.9 Å². The fourth-order valence-electron chi connectivity index (χ4n) is 1.35. The van der Waals surface area contributed by atoms with Crippen molar-refractivity contribution in [1.82, 2.24) is 4.31 Å². The van der Waals surface area contributed by atoms with Crippen LogP contribution in [0.2, 0.25) is 0 Å². The Kier molecular flexibility index (Phi) is 5.28. The van der Waals surface area contributed by atoms with Gasteiger partial charge >= 0.3 is 0 Å². The van der Waals surface area contributed by atoms with Gasteiger partial charge in [0.05, 0.1) is 6.07 Å². The summed E-state index contributed by atoms with van der Waals surface area (Å²) in [5.74, 6) is -0.559. The SMILES string of the molecule is CCN(CC#N)S(=O)(=O)c1c(Br)cc(F)cc1Br. The van der Waals surface area contributed by atoms with Crippen molar-refractivity contribution in [2.45, 2.75) is 11.8 Å². The van der Waals surface area contributed by atoms with Crippen molar-refractivity contribution in [2.75, 3.05) is 13.1 Å². The molecule has 0 saturated heterocycles. The molecule has 8 heteroatoms. The van der Waals surface area contributed by atoms with Gasteiger partial charge in [-0.1, -0.05) is 6.92 Å². The number of hydrogen-bond acceptors (Lipinski definition) is 3. The van der Waals surface area contributed by atoms with Gasteiger partial charge < -0.3 is 0 Å². The minimum atomic E-state index is -3.84. The largest absolute Gasteiger partial charge is 0.246 e. The molecule has 0 heterocycles. The zero-order valence-corrected chi connectivity index (χ0v) is 13.3. The van der Waals surface area contributed by atoms with Crippen molar-refractivity contribution in [3.8, 4) is 6.07 Å². The molecule has 0 N–H and O–H groups in total. The van der Waals surface area contributed by atoms with Crippen LogP contribution in [0.25, 0.3) is 0 Å². The van der Waals surface area contributed by atoms with E-state index in [1.807, 2.05) is 0 Å². The van der Waals surface area contributed by atoms with Gasteiger partial charge in [-0.2, -0.15) is 9.57 Å². The van der Waals surface area contributed by atoms with Gasteiger partial charge in [0.15, 0.2) is 0 Å². The molecule has 0 saturated carbocycles. The first-order chi connectivity index (χ1) is 8.34. The molecule has 0 amide bonds. The monoisotopic (exact) mass is 398 g/mol. The summed E-state index contributed by atoms with van der Waals surface area (Å²) in [6.07, 6.45) is 0. The molecule has 0 spiro atoms. The molecule has 1 rings (SSSR count). The molecule has 0 bridgehead atoms. The molecule has 4 nitrogen and oxygen atoms in total. The second kappa shape index (κ2) is 6.10. The van der Waals surface area contributed by atoms with Crippen LogP contribution in [-0.4, -0.2) is 25.8 Å². The lowest BCUT2D eigenvalue weighted by Crippen LogP contribution is -2.31.